The van der Waals surface area contributed by atoms with Crippen molar-refractivity contribution in [3.63, 3.8) is 0 Å². The van der Waals surface area contributed by atoms with E-state index in [-0.39, 0.29) is 24.3 Å². The topological polar surface area (TPSA) is 123 Å². The number of halogens is 1. The number of hydrazine groups is 1. The number of hydrogen-bond acceptors (Lipinski definition) is 6. The number of morpholine rings is 1. The molecule has 0 bridgehead atoms. The van der Waals surface area contributed by atoms with Gasteiger partial charge >= 0.3 is 6.09 Å². The van der Waals surface area contributed by atoms with Gasteiger partial charge in [0.15, 0.2) is 0 Å². The van der Waals surface area contributed by atoms with Gasteiger partial charge in [-0.15, -0.1) is 0 Å². The Morgan fingerprint density at radius 1 is 1.03 bits per heavy atom. The molecule has 1 aliphatic carbocycles. The number of primary amides is 1. The molecule has 0 unspecified atom stereocenters. The molecule has 10 heteroatoms. The molecule has 4 rings (SSSR count). The Morgan fingerprint density at radius 3 is 2.38 bits per heavy atom. The fraction of sp³-hybridized carbons (Fsp3) is 0.444. The first kappa shape index (κ1) is 26.6. The Morgan fingerprint density at radius 2 is 1.70 bits per heavy atom. The average Bonchev–Trinajstić information content (AvgIpc) is 2.92. The molecule has 1 saturated heterocycles. The third kappa shape index (κ3) is 7.27. The van der Waals surface area contributed by atoms with Crippen LogP contribution in [0.3, 0.4) is 0 Å². The maximum atomic E-state index is 13.3. The Bertz CT molecular complexity index is 1070. The first-order chi connectivity index (χ1) is 17.9. The maximum absolute atomic E-state index is 13.3. The third-order valence-electron chi connectivity index (χ3n) is 6.92. The second-order valence-electron chi connectivity index (χ2n) is 9.42. The van der Waals surface area contributed by atoms with Crippen LogP contribution < -0.4 is 16.5 Å². The Labute approximate surface area is 215 Å². The van der Waals surface area contributed by atoms with Gasteiger partial charge in [-0.05, 0) is 47.6 Å². The zero-order valence-electron chi connectivity index (χ0n) is 20.7. The highest BCUT2D eigenvalue weighted by atomic mass is 19.1. The molecule has 2 aliphatic rings. The van der Waals surface area contributed by atoms with Crippen molar-refractivity contribution >= 4 is 17.9 Å². The number of carbonyl (C=O) groups excluding carboxylic acids is 3. The number of hydrogen-bond donors (Lipinski definition) is 3. The van der Waals surface area contributed by atoms with E-state index in [2.05, 4.69) is 10.7 Å². The summed E-state index contributed by atoms with van der Waals surface area (Å²) in [6, 6.07) is 12.0. The minimum absolute atomic E-state index is 0.0184. The summed E-state index contributed by atoms with van der Waals surface area (Å²) in [5.74, 6) is -1.72. The summed E-state index contributed by atoms with van der Waals surface area (Å²) in [5.41, 5.74) is 10.5. The summed E-state index contributed by atoms with van der Waals surface area (Å²) in [6.07, 6.45) is 2.93. The predicted molar refractivity (Wildman–Crippen MR) is 133 cm³/mol. The van der Waals surface area contributed by atoms with E-state index in [0.717, 1.165) is 30.4 Å². The van der Waals surface area contributed by atoms with Gasteiger partial charge in [0.25, 0.3) is 0 Å². The van der Waals surface area contributed by atoms with E-state index in [1.807, 2.05) is 24.3 Å². The first-order valence-electron chi connectivity index (χ1n) is 12.6. The van der Waals surface area contributed by atoms with Crippen LogP contribution in [-0.4, -0.2) is 49.2 Å². The molecule has 3 atom stereocenters. The number of amides is 3. The summed E-state index contributed by atoms with van der Waals surface area (Å²) in [5, 5.41) is 4.55. The van der Waals surface area contributed by atoms with Gasteiger partial charge in [0.2, 0.25) is 11.8 Å². The molecule has 2 aromatic rings. The number of nitrogens with zero attached hydrogens (tertiary/aromatic N) is 1. The van der Waals surface area contributed by atoms with Gasteiger partial charge in [0.1, 0.15) is 18.5 Å². The van der Waals surface area contributed by atoms with E-state index >= 15 is 0 Å². The van der Waals surface area contributed by atoms with Crippen molar-refractivity contribution in [2.24, 2.45) is 11.7 Å². The number of nitrogens with two attached hydrogens (primary N) is 1. The van der Waals surface area contributed by atoms with Crippen LogP contribution in [0.5, 0.6) is 0 Å². The second kappa shape index (κ2) is 12.6. The van der Waals surface area contributed by atoms with Crippen molar-refractivity contribution in [2.45, 2.75) is 44.2 Å². The monoisotopic (exact) mass is 512 g/mol. The zero-order valence-corrected chi connectivity index (χ0v) is 20.7. The van der Waals surface area contributed by atoms with Crippen LogP contribution >= 0.6 is 0 Å². The van der Waals surface area contributed by atoms with Gasteiger partial charge in [-0.1, -0.05) is 49.2 Å². The normalized spacial score (nSPS) is 21.0. The van der Waals surface area contributed by atoms with Crippen LogP contribution in [0, 0.1) is 11.7 Å². The Kier molecular flexibility index (Phi) is 9.08. The second-order valence-corrected chi connectivity index (χ2v) is 9.42. The fourth-order valence-electron chi connectivity index (χ4n) is 4.91. The number of benzene rings is 2. The predicted octanol–water partition coefficient (Wildman–Crippen LogP) is 2.92. The van der Waals surface area contributed by atoms with E-state index in [1.165, 1.54) is 24.3 Å². The molecule has 2 fully saturated rings. The third-order valence-corrected chi connectivity index (χ3v) is 6.92. The lowest BCUT2D eigenvalue weighted by atomic mass is 9.74. The molecule has 37 heavy (non-hydrogen) atoms. The van der Waals surface area contributed by atoms with Crippen LogP contribution in [0.4, 0.5) is 9.18 Å². The lowest BCUT2D eigenvalue weighted by molar-refractivity contribution is -0.131. The molecule has 4 N–H and O–H groups in total. The van der Waals surface area contributed by atoms with Gasteiger partial charge in [-0.3, -0.25) is 15.0 Å². The molecule has 2 aromatic carbocycles. The van der Waals surface area contributed by atoms with E-state index in [9.17, 15) is 18.8 Å². The molecule has 0 aromatic heterocycles. The summed E-state index contributed by atoms with van der Waals surface area (Å²) in [6.45, 7) is 2.49. The van der Waals surface area contributed by atoms with Crippen molar-refractivity contribution in [2.75, 3.05) is 26.3 Å². The van der Waals surface area contributed by atoms with Crippen molar-refractivity contribution < 1.29 is 28.2 Å². The highest BCUT2D eigenvalue weighted by Gasteiger charge is 2.34. The van der Waals surface area contributed by atoms with Gasteiger partial charge in [0.05, 0.1) is 13.2 Å². The lowest BCUT2D eigenvalue weighted by Crippen LogP contribution is -2.48. The zero-order chi connectivity index (χ0) is 26.2. The molecular formula is C27H33FN4O5. The van der Waals surface area contributed by atoms with Gasteiger partial charge in [-0.25, -0.2) is 14.2 Å². The van der Waals surface area contributed by atoms with E-state index < -0.39 is 23.9 Å². The van der Waals surface area contributed by atoms with Crippen LogP contribution in [0.2, 0.25) is 0 Å². The molecule has 1 saturated carbocycles. The van der Waals surface area contributed by atoms with Crippen LogP contribution in [0.25, 0.3) is 0 Å². The Balaban J connectivity index is 1.36. The van der Waals surface area contributed by atoms with Crippen LogP contribution in [0.1, 0.15) is 54.3 Å². The molecule has 198 valence electrons. The van der Waals surface area contributed by atoms with Gasteiger partial charge < -0.3 is 20.5 Å². The summed E-state index contributed by atoms with van der Waals surface area (Å²) < 4.78 is 23.9. The lowest BCUT2D eigenvalue weighted by Gasteiger charge is -2.32. The van der Waals surface area contributed by atoms with E-state index in [1.54, 1.807) is 5.01 Å². The van der Waals surface area contributed by atoms with Crippen molar-refractivity contribution in [1.29, 1.82) is 0 Å². The fourth-order valence-corrected chi connectivity index (χ4v) is 4.91. The van der Waals surface area contributed by atoms with E-state index in [4.69, 9.17) is 15.2 Å². The number of carbonyl (C=O) groups is 3. The minimum Gasteiger partial charge on any atom is -0.444 e. The molecule has 0 radical (unpaired) electrons. The summed E-state index contributed by atoms with van der Waals surface area (Å²) in [4.78, 5) is 37.4. The largest absolute Gasteiger partial charge is 0.444 e. The molecule has 0 spiro atoms. The van der Waals surface area contributed by atoms with Crippen LogP contribution in [0.15, 0.2) is 48.5 Å². The molecule has 3 amide bonds. The number of rotatable bonds is 8. The minimum atomic E-state index is -1.03. The summed E-state index contributed by atoms with van der Waals surface area (Å²) in [7, 11) is 0. The molecule has 1 aliphatic heterocycles. The average molecular weight is 513 g/mol. The van der Waals surface area contributed by atoms with Crippen LogP contribution in [-0.2, 0) is 25.7 Å². The Hall–Kier alpha value is -3.50. The smallest absolute Gasteiger partial charge is 0.422 e. The molecule has 1 heterocycles. The quantitative estimate of drug-likeness (QED) is 0.500. The molecular weight excluding hydrogens is 479 g/mol. The van der Waals surface area contributed by atoms with E-state index in [0.29, 0.717) is 38.3 Å². The summed E-state index contributed by atoms with van der Waals surface area (Å²) >= 11 is 0. The number of ether oxygens (including phenoxy) is 2. The maximum Gasteiger partial charge on any atom is 0.422 e. The first-order valence-corrected chi connectivity index (χ1v) is 12.6. The standard InChI is InChI=1S/C27H33FN4O5/c28-21-11-9-20(10-12-21)24(25(29)33)30-26(34)23-4-2-1-3-22(23)19-7-5-18(6-8-19)17-37-27(35)31-32-13-15-36-16-14-32/h5-12,22-24H,1-4,13-17H2,(H2,29,33)(H,30,34)(H,31,35)/t22-,23+,24-/m0/s1. The number of nitrogens with one attached hydrogen (secondary N) is 2. The van der Waals surface area contributed by atoms with Gasteiger partial charge in [-0.2, -0.15) is 0 Å². The van der Waals surface area contributed by atoms with Gasteiger partial charge in [0, 0.05) is 19.0 Å². The highest BCUT2D eigenvalue weighted by Crippen LogP contribution is 2.38. The van der Waals surface area contributed by atoms with Crippen molar-refractivity contribution in [3.8, 4) is 0 Å². The van der Waals surface area contributed by atoms with Crippen molar-refractivity contribution in [1.82, 2.24) is 15.8 Å². The highest BCUT2D eigenvalue weighted by molar-refractivity contribution is 5.89. The molecule has 9 nitrogen and oxygen atoms in total. The van der Waals surface area contributed by atoms with Crippen molar-refractivity contribution in [3.05, 3.63) is 71.0 Å². The SMILES string of the molecule is NC(=O)[C@@H](NC(=O)[C@@H]1CCCC[C@H]1c1ccc(COC(=O)NN2CCOCC2)cc1)c1ccc(F)cc1.